The molecule has 2 aromatic rings. The molecule has 0 saturated carbocycles. The summed E-state index contributed by atoms with van der Waals surface area (Å²) in [6.07, 6.45) is 0.847. The van der Waals surface area contributed by atoms with Gasteiger partial charge in [-0.1, -0.05) is 37.0 Å². The van der Waals surface area contributed by atoms with E-state index in [2.05, 4.69) is 41.2 Å². The second kappa shape index (κ2) is 7.31. The summed E-state index contributed by atoms with van der Waals surface area (Å²) in [5.74, 6) is 5.55. The summed E-state index contributed by atoms with van der Waals surface area (Å²) in [6.45, 7) is 3.99. The van der Waals surface area contributed by atoms with Crippen LogP contribution in [0.1, 0.15) is 34.1 Å². The molecule has 110 valence electrons. The monoisotopic (exact) mass is 321 g/mol. The van der Waals surface area contributed by atoms with E-state index in [0.717, 1.165) is 11.4 Å². The highest BCUT2D eigenvalue weighted by molar-refractivity contribution is 7.15. The number of carbonyl (C=O) groups excluding carboxylic acids is 1. The molecule has 1 amide bonds. The van der Waals surface area contributed by atoms with Crippen molar-refractivity contribution in [2.45, 2.75) is 20.3 Å². The van der Waals surface area contributed by atoms with Crippen LogP contribution < -0.4 is 5.32 Å². The number of nitrogens with one attached hydrogen (secondary N) is 1. The summed E-state index contributed by atoms with van der Waals surface area (Å²) >= 11 is 2.69. The summed E-state index contributed by atoms with van der Waals surface area (Å²) < 4.78 is 0. The fraction of sp³-hybridized carbons (Fsp3) is 0.357. The van der Waals surface area contributed by atoms with E-state index in [-0.39, 0.29) is 12.5 Å². The molecule has 2 heterocycles. The van der Waals surface area contributed by atoms with Gasteiger partial charge in [-0.2, -0.15) is 0 Å². The highest BCUT2D eigenvalue weighted by atomic mass is 32.1. The van der Waals surface area contributed by atoms with Crippen LogP contribution in [0.15, 0.2) is 11.4 Å². The van der Waals surface area contributed by atoms with E-state index in [0.29, 0.717) is 21.5 Å². The van der Waals surface area contributed by atoms with E-state index in [4.69, 9.17) is 5.11 Å². The number of aliphatic hydroxyl groups is 1. The SMILES string of the molecule is CC(C)Cc1nnc(NC(=O)c2sccc2C#CCO)s1. The number of nitrogens with zero attached hydrogens (tertiary/aromatic N) is 2. The zero-order valence-corrected chi connectivity index (χ0v) is 13.3. The zero-order chi connectivity index (χ0) is 15.2. The van der Waals surface area contributed by atoms with Crippen LogP contribution >= 0.6 is 22.7 Å². The normalized spacial score (nSPS) is 10.3. The Morgan fingerprint density at radius 1 is 1.48 bits per heavy atom. The average Bonchev–Trinajstić information content (AvgIpc) is 3.05. The molecule has 0 radical (unpaired) electrons. The van der Waals surface area contributed by atoms with Gasteiger partial charge in [0, 0.05) is 12.0 Å². The number of anilines is 1. The Bertz CT molecular complexity index is 680. The van der Waals surface area contributed by atoms with Crippen molar-refractivity contribution in [3.05, 3.63) is 26.9 Å². The maximum Gasteiger partial charge on any atom is 0.268 e. The zero-order valence-electron chi connectivity index (χ0n) is 11.7. The maximum absolute atomic E-state index is 12.2. The lowest BCUT2D eigenvalue weighted by atomic mass is 10.1. The predicted molar refractivity (Wildman–Crippen MR) is 84.7 cm³/mol. The summed E-state index contributed by atoms with van der Waals surface area (Å²) in [5, 5.41) is 22.7. The van der Waals surface area contributed by atoms with Gasteiger partial charge in [-0.3, -0.25) is 10.1 Å². The largest absolute Gasteiger partial charge is 0.384 e. The first kappa shape index (κ1) is 15.6. The molecule has 0 aromatic carbocycles. The lowest BCUT2D eigenvalue weighted by molar-refractivity contribution is 0.103. The molecule has 0 aliphatic heterocycles. The van der Waals surface area contributed by atoms with Crippen molar-refractivity contribution in [2.75, 3.05) is 11.9 Å². The fourth-order valence-corrected chi connectivity index (χ4v) is 3.30. The van der Waals surface area contributed by atoms with E-state index in [1.54, 1.807) is 11.4 Å². The number of aliphatic hydroxyl groups excluding tert-OH is 1. The van der Waals surface area contributed by atoms with Gasteiger partial charge in [-0.15, -0.1) is 21.5 Å². The Labute approximate surface area is 131 Å². The molecule has 0 unspecified atom stereocenters. The third-order valence-corrected chi connectivity index (χ3v) is 4.22. The van der Waals surface area contributed by atoms with Gasteiger partial charge in [0.15, 0.2) is 0 Å². The standard InChI is InChI=1S/C14H15N3O2S2/c1-9(2)8-11-16-17-14(21-11)15-13(19)12-10(4-3-6-18)5-7-20-12/h5,7,9,18H,6,8H2,1-2H3,(H,15,17,19). The molecule has 5 nitrogen and oxygen atoms in total. The number of hydrogen-bond acceptors (Lipinski definition) is 6. The van der Waals surface area contributed by atoms with Gasteiger partial charge in [0.05, 0.1) is 0 Å². The Balaban J connectivity index is 2.08. The van der Waals surface area contributed by atoms with Crippen molar-refractivity contribution in [1.82, 2.24) is 10.2 Å². The van der Waals surface area contributed by atoms with E-state index in [9.17, 15) is 4.79 Å². The summed E-state index contributed by atoms with van der Waals surface area (Å²) in [7, 11) is 0. The molecule has 0 spiro atoms. The van der Waals surface area contributed by atoms with Crippen molar-refractivity contribution in [3.63, 3.8) is 0 Å². The van der Waals surface area contributed by atoms with E-state index in [1.165, 1.54) is 22.7 Å². The molecular formula is C14H15N3O2S2. The number of hydrogen-bond donors (Lipinski definition) is 2. The number of amides is 1. The Hall–Kier alpha value is -1.75. The Kier molecular flexibility index (Phi) is 5.44. The molecule has 7 heteroatoms. The van der Waals surface area contributed by atoms with Crippen LogP contribution in [0, 0.1) is 17.8 Å². The van der Waals surface area contributed by atoms with Gasteiger partial charge in [0.25, 0.3) is 5.91 Å². The van der Waals surface area contributed by atoms with Crippen molar-refractivity contribution < 1.29 is 9.90 Å². The van der Waals surface area contributed by atoms with Gasteiger partial charge < -0.3 is 5.11 Å². The van der Waals surface area contributed by atoms with Crippen LogP contribution in [0.25, 0.3) is 0 Å². The molecule has 2 N–H and O–H groups in total. The quantitative estimate of drug-likeness (QED) is 0.848. The smallest absolute Gasteiger partial charge is 0.268 e. The highest BCUT2D eigenvalue weighted by Gasteiger charge is 2.15. The van der Waals surface area contributed by atoms with Crippen LogP contribution in [-0.2, 0) is 6.42 Å². The Morgan fingerprint density at radius 3 is 3.00 bits per heavy atom. The van der Waals surface area contributed by atoms with Gasteiger partial charge in [0.1, 0.15) is 16.5 Å². The molecule has 0 aliphatic carbocycles. The average molecular weight is 321 g/mol. The van der Waals surface area contributed by atoms with Gasteiger partial charge in [-0.25, -0.2) is 0 Å². The van der Waals surface area contributed by atoms with Gasteiger partial charge in [0.2, 0.25) is 5.13 Å². The number of rotatable bonds is 4. The van der Waals surface area contributed by atoms with E-state index < -0.39 is 0 Å². The van der Waals surface area contributed by atoms with Crippen molar-refractivity contribution in [2.24, 2.45) is 5.92 Å². The fourth-order valence-electron chi connectivity index (χ4n) is 1.61. The first-order valence-electron chi connectivity index (χ1n) is 6.41. The first-order valence-corrected chi connectivity index (χ1v) is 8.10. The third kappa shape index (κ3) is 4.36. The predicted octanol–water partition coefficient (Wildman–Crippen LogP) is 2.39. The molecule has 0 fully saturated rings. The van der Waals surface area contributed by atoms with E-state index in [1.807, 2.05) is 0 Å². The summed E-state index contributed by atoms with van der Waals surface area (Å²) in [4.78, 5) is 12.7. The molecule has 2 aromatic heterocycles. The number of thiophene rings is 1. The van der Waals surface area contributed by atoms with Crippen molar-refractivity contribution in [3.8, 4) is 11.8 Å². The lowest BCUT2D eigenvalue weighted by Crippen LogP contribution is -2.11. The topological polar surface area (TPSA) is 75.1 Å². The molecule has 2 rings (SSSR count). The third-order valence-electron chi connectivity index (χ3n) is 2.44. The van der Waals surface area contributed by atoms with Crippen molar-refractivity contribution >= 4 is 33.7 Å². The van der Waals surface area contributed by atoms with Crippen LogP contribution in [0.2, 0.25) is 0 Å². The molecule has 0 atom stereocenters. The second-order valence-electron chi connectivity index (χ2n) is 4.68. The van der Waals surface area contributed by atoms with Crippen LogP contribution in [0.3, 0.4) is 0 Å². The molecule has 0 bridgehead atoms. The molecular weight excluding hydrogens is 306 g/mol. The summed E-state index contributed by atoms with van der Waals surface area (Å²) in [5.41, 5.74) is 0.610. The van der Waals surface area contributed by atoms with Crippen LogP contribution in [-0.4, -0.2) is 27.8 Å². The molecule has 0 saturated heterocycles. The minimum absolute atomic E-state index is 0.230. The van der Waals surface area contributed by atoms with E-state index >= 15 is 0 Å². The highest BCUT2D eigenvalue weighted by Crippen LogP contribution is 2.21. The second-order valence-corrected chi connectivity index (χ2v) is 6.65. The molecule has 21 heavy (non-hydrogen) atoms. The van der Waals surface area contributed by atoms with Gasteiger partial charge >= 0.3 is 0 Å². The van der Waals surface area contributed by atoms with Crippen LogP contribution in [0.5, 0.6) is 0 Å². The maximum atomic E-state index is 12.2. The minimum atomic E-state index is -0.250. The Morgan fingerprint density at radius 2 is 2.29 bits per heavy atom. The number of carbonyl (C=O) groups is 1. The summed E-state index contributed by atoms with van der Waals surface area (Å²) in [6, 6.07) is 1.76. The minimum Gasteiger partial charge on any atom is -0.384 e. The first-order chi connectivity index (χ1) is 10.1. The van der Waals surface area contributed by atoms with Gasteiger partial charge in [-0.05, 0) is 17.4 Å². The van der Waals surface area contributed by atoms with Crippen molar-refractivity contribution in [1.29, 1.82) is 0 Å². The lowest BCUT2D eigenvalue weighted by Gasteiger charge is -1.99. The van der Waals surface area contributed by atoms with Crippen LogP contribution in [0.4, 0.5) is 5.13 Å². The number of aromatic nitrogens is 2. The molecule has 0 aliphatic rings.